The van der Waals surface area contributed by atoms with Crippen molar-refractivity contribution in [1.29, 1.82) is 21.0 Å². The van der Waals surface area contributed by atoms with Gasteiger partial charge in [0, 0.05) is 5.57 Å². The van der Waals surface area contributed by atoms with E-state index in [-0.39, 0.29) is 44.8 Å². The zero-order chi connectivity index (χ0) is 31.7. The van der Waals surface area contributed by atoms with E-state index in [4.69, 9.17) is 26.3 Å². The summed E-state index contributed by atoms with van der Waals surface area (Å²) in [5.41, 5.74) is 0.678. The molecule has 0 atom stereocenters. The molecule has 8 nitrogen and oxygen atoms in total. The highest BCUT2D eigenvalue weighted by molar-refractivity contribution is 6.07. The summed E-state index contributed by atoms with van der Waals surface area (Å²) in [6, 6.07) is 18.2. The van der Waals surface area contributed by atoms with Gasteiger partial charge in [-0.1, -0.05) is 6.07 Å². The van der Waals surface area contributed by atoms with Crippen molar-refractivity contribution < 1.29 is 8.78 Å². The lowest BCUT2D eigenvalue weighted by Crippen LogP contribution is -1.93. The van der Waals surface area contributed by atoms with Crippen LogP contribution >= 0.6 is 0 Å². The molecule has 0 radical (unpaired) electrons. The van der Waals surface area contributed by atoms with Gasteiger partial charge in [-0.25, -0.2) is 33.4 Å². The van der Waals surface area contributed by atoms with Crippen molar-refractivity contribution >= 4 is 22.6 Å². The van der Waals surface area contributed by atoms with E-state index in [1.54, 1.807) is 24.3 Å². The predicted octanol–water partition coefficient (Wildman–Crippen LogP) is 8.75. The van der Waals surface area contributed by atoms with Crippen molar-refractivity contribution in [2.24, 2.45) is 0 Å². The van der Waals surface area contributed by atoms with Crippen molar-refractivity contribution in [3.8, 4) is 57.7 Å². The highest BCUT2D eigenvalue weighted by atomic mass is 19.1. The van der Waals surface area contributed by atoms with Gasteiger partial charge < -0.3 is 0 Å². The molecule has 10 heteroatoms. The number of nitrogens with zero attached hydrogens (tertiary/aromatic N) is 8. The number of hydrogen-bond acceptors (Lipinski definition) is 4. The standard InChI is InChI=1S/C34H8F2N8/c1-41-28-12-27-25(11-23(28)18-6-21(15-39)34(36)30(9-18)43-3)24-10-22(17-5-20(14-38)33(35)29(8-17)42-2)19(13-37)7-26(24)32(27)31(16-40)44-4/h5-12H/b32-31-. The van der Waals surface area contributed by atoms with Gasteiger partial charge in [0.25, 0.3) is 5.70 Å². The molecule has 5 rings (SSSR count). The third-order valence-electron chi connectivity index (χ3n) is 7.03. The molecular weight excluding hydrogens is 558 g/mol. The fourth-order valence-corrected chi connectivity index (χ4v) is 5.09. The lowest BCUT2D eigenvalue weighted by Gasteiger charge is -2.12. The maximum Gasteiger partial charge on any atom is 0.270 e. The molecule has 0 bridgehead atoms. The molecule has 0 amide bonds. The van der Waals surface area contributed by atoms with E-state index in [0.717, 1.165) is 0 Å². The summed E-state index contributed by atoms with van der Waals surface area (Å²) in [6.45, 7) is 30.1. The molecule has 0 saturated heterocycles. The predicted molar refractivity (Wildman–Crippen MR) is 154 cm³/mol. The van der Waals surface area contributed by atoms with Crippen molar-refractivity contribution in [1.82, 2.24) is 0 Å². The molecule has 0 saturated carbocycles. The van der Waals surface area contributed by atoms with Crippen molar-refractivity contribution in [2.45, 2.75) is 0 Å². The van der Waals surface area contributed by atoms with Crippen LogP contribution in [0.2, 0.25) is 0 Å². The minimum Gasteiger partial charge on any atom is -0.237 e. The SMILES string of the molecule is [C-]#[N+]/C(C#N)=C1/c2cc(C#N)c(-c3cc(C#N)c(F)c([N+]#[C-])c3)cc2-c2cc(-c3cc(C#N)c(F)c([N+]#[C-])c3)c([N+]#[C-])cc21. The van der Waals surface area contributed by atoms with Gasteiger partial charge in [0.1, 0.15) is 23.8 Å². The lowest BCUT2D eigenvalue weighted by atomic mass is 9.91. The van der Waals surface area contributed by atoms with E-state index in [1.165, 1.54) is 36.4 Å². The summed E-state index contributed by atoms with van der Waals surface area (Å²) >= 11 is 0. The highest BCUT2D eigenvalue weighted by Crippen LogP contribution is 2.52. The number of allylic oxidation sites excluding steroid dienone is 1. The topological polar surface area (TPSA) is 113 Å². The van der Waals surface area contributed by atoms with Gasteiger partial charge in [-0.3, -0.25) is 0 Å². The second kappa shape index (κ2) is 10.8. The van der Waals surface area contributed by atoms with Crippen LogP contribution in [0.15, 0.2) is 54.2 Å². The minimum atomic E-state index is -0.997. The molecular formula is C34H8F2N8. The first-order valence-corrected chi connectivity index (χ1v) is 12.2. The Labute approximate surface area is 249 Å². The maximum atomic E-state index is 14.5. The van der Waals surface area contributed by atoms with Crippen molar-refractivity contribution in [3.05, 3.63) is 139 Å². The van der Waals surface area contributed by atoms with E-state index in [1.807, 2.05) is 12.1 Å². The Hall–Kier alpha value is -7.60. The van der Waals surface area contributed by atoms with Gasteiger partial charge in [-0.15, -0.1) is 0 Å². The molecule has 4 aromatic rings. The molecule has 0 spiro atoms. The summed E-state index contributed by atoms with van der Waals surface area (Å²) in [5, 5.41) is 38.7. The summed E-state index contributed by atoms with van der Waals surface area (Å²) < 4.78 is 29.1. The number of hydrogen-bond donors (Lipinski definition) is 0. The van der Waals surface area contributed by atoms with Crippen LogP contribution in [0.3, 0.4) is 0 Å². The summed E-state index contributed by atoms with van der Waals surface area (Å²) in [5.74, 6) is -1.99. The largest absolute Gasteiger partial charge is 0.270 e. The molecule has 0 unspecified atom stereocenters. The number of rotatable bonds is 2. The third kappa shape index (κ3) is 4.13. The number of benzene rings is 4. The molecule has 44 heavy (non-hydrogen) atoms. The lowest BCUT2D eigenvalue weighted by molar-refractivity contribution is 0.629. The molecule has 4 aromatic carbocycles. The Balaban J connectivity index is 1.91. The molecule has 1 aliphatic carbocycles. The van der Waals surface area contributed by atoms with Crippen molar-refractivity contribution in [3.63, 3.8) is 0 Å². The quantitative estimate of drug-likeness (QED) is 0.157. The average molecular weight is 566 g/mol. The summed E-state index contributed by atoms with van der Waals surface area (Å²) in [6.07, 6.45) is 0. The summed E-state index contributed by atoms with van der Waals surface area (Å²) in [7, 11) is 0. The third-order valence-corrected chi connectivity index (χ3v) is 7.03. The number of nitriles is 4. The van der Waals surface area contributed by atoms with Crippen LogP contribution in [0.4, 0.5) is 25.8 Å². The highest BCUT2D eigenvalue weighted by Gasteiger charge is 2.30. The Morgan fingerprint density at radius 3 is 1.45 bits per heavy atom. The number of halogens is 2. The average Bonchev–Trinajstić information content (AvgIpc) is 3.36. The summed E-state index contributed by atoms with van der Waals surface area (Å²) in [4.78, 5) is 13.2. The maximum absolute atomic E-state index is 14.5. The van der Waals surface area contributed by atoms with E-state index >= 15 is 0 Å². The molecule has 0 aromatic heterocycles. The second-order valence-electron chi connectivity index (χ2n) is 9.19. The van der Waals surface area contributed by atoms with Crippen LogP contribution in [0.1, 0.15) is 27.8 Å². The zero-order valence-electron chi connectivity index (χ0n) is 22.0. The molecule has 0 N–H and O–H groups in total. The monoisotopic (exact) mass is 566 g/mol. The Kier molecular flexibility index (Phi) is 6.83. The molecule has 0 heterocycles. The van der Waals surface area contributed by atoms with Gasteiger partial charge in [0.15, 0.2) is 5.69 Å². The van der Waals surface area contributed by atoms with Crippen LogP contribution in [0.25, 0.3) is 58.3 Å². The molecule has 1 aliphatic rings. The Morgan fingerprint density at radius 1 is 0.523 bits per heavy atom. The first-order chi connectivity index (χ1) is 21.3. The van der Waals surface area contributed by atoms with Crippen LogP contribution in [-0.4, -0.2) is 0 Å². The Bertz CT molecular complexity index is 2160. The molecule has 198 valence electrons. The first kappa shape index (κ1) is 27.9. The molecule has 0 aliphatic heterocycles. The first-order valence-electron chi connectivity index (χ1n) is 12.2. The van der Waals surface area contributed by atoms with Gasteiger partial charge in [0.2, 0.25) is 11.4 Å². The van der Waals surface area contributed by atoms with Crippen LogP contribution in [-0.2, 0) is 0 Å². The van der Waals surface area contributed by atoms with E-state index in [9.17, 15) is 29.8 Å². The fraction of sp³-hybridized carbons (Fsp3) is 0. The smallest absolute Gasteiger partial charge is 0.237 e. The molecule has 0 fully saturated rings. The van der Waals surface area contributed by atoms with Crippen LogP contribution < -0.4 is 0 Å². The van der Waals surface area contributed by atoms with Crippen molar-refractivity contribution in [2.75, 3.05) is 0 Å². The van der Waals surface area contributed by atoms with Gasteiger partial charge in [0.05, 0.1) is 55.1 Å². The normalized spacial score (nSPS) is 11.5. The minimum absolute atomic E-state index is 0.0300. The van der Waals surface area contributed by atoms with Crippen LogP contribution in [0, 0.1) is 83.2 Å². The van der Waals surface area contributed by atoms with Gasteiger partial charge in [-0.05, 0) is 87.0 Å². The van der Waals surface area contributed by atoms with Gasteiger partial charge >= 0.3 is 0 Å². The number of fused-ring (bicyclic) bond motifs is 3. The van der Waals surface area contributed by atoms with Gasteiger partial charge in [-0.2, -0.15) is 15.8 Å². The second-order valence-corrected chi connectivity index (χ2v) is 9.19. The Morgan fingerprint density at radius 2 is 1.00 bits per heavy atom. The van der Waals surface area contributed by atoms with E-state index in [2.05, 4.69) is 19.4 Å². The fourth-order valence-electron chi connectivity index (χ4n) is 5.09. The van der Waals surface area contributed by atoms with Crippen LogP contribution in [0.5, 0.6) is 0 Å². The zero-order valence-corrected chi connectivity index (χ0v) is 22.0. The van der Waals surface area contributed by atoms with E-state index < -0.39 is 34.1 Å². The van der Waals surface area contributed by atoms with E-state index in [0.29, 0.717) is 22.3 Å².